The molecule has 0 heterocycles. The van der Waals surface area contributed by atoms with Crippen molar-refractivity contribution in [3.8, 4) is 0 Å². The molecule has 1 atom stereocenters. The van der Waals surface area contributed by atoms with E-state index < -0.39 is 16.0 Å². The zero-order valence-electron chi connectivity index (χ0n) is 12.7. The minimum Gasteiger partial charge on any atom is -0.478 e. The van der Waals surface area contributed by atoms with Gasteiger partial charge in [-0.15, -0.1) is 0 Å². The predicted molar refractivity (Wildman–Crippen MR) is 82.1 cm³/mol. The summed E-state index contributed by atoms with van der Waals surface area (Å²) in [6.07, 6.45) is 3.25. The number of aryl methyl sites for hydroxylation is 1. The van der Waals surface area contributed by atoms with Gasteiger partial charge in [-0.2, -0.15) is 0 Å². The van der Waals surface area contributed by atoms with Crippen molar-refractivity contribution in [2.24, 2.45) is 0 Å². The van der Waals surface area contributed by atoms with Crippen LogP contribution in [0.3, 0.4) is 0 Å². The molecule has 0 aliphatic carbocycles. The molecule has 0 saturated carbocycles. The van der Waals surface area contributed by atoms with Crippen LogP contribution in [0.2, 0.25) is 0 Å². The van der Waals surface area contributed by atoms with Crippen LogP contribution in [0.1, 0.15) is 56.0 Å². The maximum Gasteiger partial charge on any atom is 0.336 e. The summed E-state index contributed by atoms with van der Waals surface area (Å²) in [6.45, 7) is 5.69. The Morgan fingerprint density at radius 1 is 1.33 bits per heavy atom. The molecule has 21 heavy (non-hydrogen) atoms. The molecule has 0 saturated heterocycles. The average Bonchev–Trinajstić information content (AvgIpc) is 2.43. The van der Waals surface area contributed by atoms with Crippen LogP contribution < -0.4 is 4.72 Å². The SMILES string of the molecule is CCCCC(C)NS(=O)(=O)c1ccc(CC)c(C(=O)O)c1. The largest absolute Gasteiger partial charge is 0.478 e. The summed E-state index contributed by atoms with van der Waals surface area (Å²) in [5.41, 5.74) is 0.669. The molecule has 0 bridgehead atoms. The third-order valence-electron chi connectivity index (χ3n) is 3.35. The van der Waals surface area contributed by atoms with E-state index in [-0.39, 0.29) is 16.5 Å². The molecule has 118 valence electrons. The Hall–Kier alpha value is -1.40. The van der Waals surface area contributed by atoms with Gasteiger partial charge in [-0.25, -0.2) is 17.9 Å². The van der Waals surface area contributed by atoms with Crippen molar-refractivity contribution in [3.05, 3.63) is 29.3 Å². The fraction of sp³-hybridized carbons (Fsp3) is 0.533. The Labute approximate surface area is 126 Å². The number of carboxylic acid groups (broad SMARTS) is 1. The van der Waals surface area contributed by atoms with E-state index in [9.17, 15) is 13.2 Å². The van der Waals surface area contributed by atoms with Gasteiger partial charge in [0.15, 0.2) is 0 Å². The van der Waals surface area contributed by atoms with Crippen LogP contribution in [0.4, 0.5) is 0 Å². The van der Waals surface area contributed by atoms with Gasteiger partial charge in [-0.1, -0.05) is 32.8 Å². The highest BCUT2D eigenvalue weighted by atomic mass is 32.2. The van der Waals surface area contributed by atoms with Crippen molar-refractivity contribution in [2.75, 3.05) is 0 Å². The molecule has 1 aromatic carbocycles. The predicted octanol–water partition coefficient (Wildman–Crippen LogP) is 2.80. The molecule has 0 radical (unpaired) electrons. The van der Waals surface area contributed by atoms with E-state index in [2.05, 4.69) is 4.72 Å². The first-order valence-corrected chi connectivity index (χ1v) is 8.68. The molecule has 1 unspecified atom stereocenters. The summed E-state index contributed by atoms with van der Waals surface area (Å²) in [5, 5.41) is 9.17. The molecule has 0 aliphatic rings. The molecule has 1 aromatic rings. The van der Waals surface area contributed by atoms with Crippen LogP contribution in [0, 0.1) is 0 Å². The zero-order chi connectivity index (χ0) is 16.0. The molecule has 6 heteroatoms. The van der Waals surface area contributed by atoms with E-state index in [0.717, 1.165) is 19.3 Å². The number of hydrogen-bond acceptors (Lipinski definition) is 3. The minimum atomic E-state index is -3.68. The summed E-state index contributed by atoms with van der Waals surface area (Å²) >= 11 is 0. The van der Waals surface area contributed by atoms with Gasteiger partial charge in [-0.3, -0.25) is 0 Å². The van der Waals surface area contributed by atoms with Gasteiger partial charge in [0.2, 0.25) is 10.0 Å². The van der Waals surface area contributed by atoms with E-state index in [1.807, 2.05) is 20.8 Å². The highest BCUT2D eigenvalue weighted by Crippen LogP contribution is 2.18. The Bertz CT molecular complexity index is 596. The Morgan fingerprint density at radius 3 is 2.52 bits per heavy atom. The molecule has 0 spiro atoms. The van der Waals surface area contributed by atoms with Gasteiger partial charge >= 0.3 is 5.97 Å². The third kappa shape index (κ3) is 4.82. The van der Waals surface area contributed by atoms with Crippen molar-refractivity contribution in [2.45, 2.75) is 57.4 Å². The number of aromatic carboxylic acids is 1. The Morgan fingerprint density at radius 2 is 2.00 bits per heavy atom. The lowest BCUT2D eigenvalue weighted by atomic mass is 10.1. The first-order chi connectivity index (χ1) is 9.81. The fourth-order valence-corrected chi connectivity index (χ4v) is 3.44. The van der Waals surface area contributed by atoms with Crippen LogP contribution >= 0.6 is 0 Å². The normalized spacial score (nSPS) is 13.1. The van der Waals surface area contributed by atoms with Crippen LogP contribution in [-0.4, -0.2) is 25.5 Å². The number of carbonyl (C=O) groups is 1. The number of benzene rings is 1. The van der Waals surface area contributed by atoms with Crippen molar-refractivity contribution in [1.29, 1.82) is 0 Å². The topological polar surface area (TPSA) is 83.5 Å². The van der Waals surface area contributed by atoms with Crippen LogP contribution in [0.5, 0.6) is 0 Å². The quantitative estimate of drug-likeness (QED) is 0.773. The summed E-state index contributed by atoms with van der Waals surface area (Å²) in [5.74, 6) is -1.11. The van der Waals surface area contributed by atoms with Gasteiger partial charge in [0.05, 0.1) is 10.5 Å². The smallest absolute Gasteiger partial charge is 0.336 e. The number of nitrogens with one attached hydrogen (secondary N) is 1. The lowest BCUT2D eigenvalue weighted by molar-refractivity contribution is 0.0695. The molecule has 1 rings (SSSR count). The second kappa shape index (κ2) is 7.56. The molecular formula is C15H23NO4S. The lowest BCUT2D eigenvalue weighted by Gasteiger charge is -2.14. The first kappa shape index (κ1) is 17.7. The van der Waals surface area contributed by atoms with Crippen molar-refractivity contribution in [3.63, 3.8) is 0 Å². The number of sulfonamides is 1. The van der Waals surface area contributed by atoms with Gasteiger partial charge in [0.1, 0.15) is 0 Å². The maximum absolute atomic E-state index is 12.3. The van der Waals surface area contributed by atoms with E-state index >= 15 is 0 Å². The monoisotopic (exact) mass is 313 g/mol. The van der Waals surface area contributed by atoms with Crippen LogP contribution in [0.15, 0.2) is 23.1 Å². The van der Waals surface area contributed by atoms with Gasteiger partial charge in [0.25, 0.3) is 0 Å². The third-order valence-corrected chi connectivity index (χ3v) is 4.94. The second-order valence-corrected chi connectivity index (χ2v) is 6.86. The maximum atomic E-state index is 12.3. The Balaban J connectivity index is 3.03. The molecule has 0 aliphatic heterocycles. The van der Waals surface area contributed by atoms with E-state index in [4.69, 9.17) is 5.11 Å². The van der Waals surface area contributed by atoms with Crippen molar-refractivity contribution < 1.29 is 18.3 Å². The number of hydrogen-bond donors (Lipinski definition) is 2. The molecule has 0 fully saturated rings. The molecule has 2 N–H and O–H groups in total. The fourth-order valence-electron chi connectivity index (χ4n) is 2.13. The highest BCUT2D eigenvalue weighted by Gasteiger charge is 2.20. The number of carboxylic acids is 1. The minimum absolute atomic E-state index is 0.000415. The van der Waals surface area contributed by atoms with E-state index in [1.165, 1.54) is 12.1 Å². The highest BCUT2D eigenvalue weighted by molar-refractivity contribution is 7.89. The summed E-state index contributed by atoms with van der Waals surface area (Å²) in [7, 11) is -3.68. The Kier molecular flexibility index (Phi) is 6.36. The van der Waals surface area contributed by atoms with Crippen LogP contribution in [0.25, 0.3) is 0 Å². The van der Waals surface area contributed by atoms with Crippen LogP contribution in [-0.2, 0) is 16.4 Å². The zero-order valence-corrected chi connectivity index (χ0v) is 13.5. The standard InChI is InChI=1S/C15H23NO4S/c1-4-6-7-11(3)16-21(19,20)13-9-8-12(5-2)14(10-13)15(17)18/h8-11,16H,4-7H2,1-3H3,(H,17,18). The molecular weight excluding hydrogens is 290 g/mol. The van der Waals surface area contributed by atoms with Gasteiger partial charge in [0, 0.05) is 6.04 Å². The molecule has 0 aromatic heterocycles. The molecule has 0 amide bonds. The first-order valence-electron chi connectivity index (χ1n) is 7.20. The van der Waals surface area contributed by atoms with E-state index in [0.29, 0.717) is 12.0 Å². The van der Waals surface area contributed by atoms with Gasteiger partial charge < -0.3 is 5.11 Å². The molecule has 5 nitrogen and oxygen atoms in total. The lowest BCUT2D eigenvalue weighted by Crippen LogP contribution is -2.32. The summed E-state index contributed by atoms with van der Waals surface area (Å²) in [4.78, 5) is 11.2. The summed E-state index contributed by atoms with van der Waals surface area (Å²) in [6, 6.07) is 4.08. The summed E-state index contributed by atoms with van der Waals surface area (Å²) < 4.78 is 27.1. The van der Waals surface area contributed by atoms with E-state index in [1.54, 1.807) is 6.07 Å². The number of rotatable bonds is 8. The second-order valence-electron chi connectivity index (χ2n) is 5.14. The average molecular weight is 313 g/mol. The van der Waals surface area contributed by atoms with Crippen molar-refractivity contribution in [1.82, 2.24) is 4.72 Å². The number of unbranched alkanes of at least 4 members (excludes halogenated alkanes) is 1. The van der Waals surface area contributed by atoms with Crippen molar-refractivity contribution >= 4 is 16.0 Å². The van der Waals surface area contributed by atoms with Gasteiger partial charge in [-0.05, 0) is 37.5 Å².